The van der Waals surface area contributed by atoms with E-state index < -0.39 is 18.5 Å². The number of aliphatic hydroxyl groups excluding tert-OH is 2. The number of hydrogen-bond donors (Lipinski definition) is 6. The third kappa shape index (κ3) is 6.04. The van der Waals surface area contributed by atoms with Crippen LogP contribution in [0.1, 0.15) is 22.3 Å². The molecule has 0 radical (unpaired) electrons. The number of benzene rings is 4. The van der Waals surface area contributed by atoms with Crippen LogP contribution in [-0.2, 0) is 11.1 Å². The maximum absolute atomic E-state index is 13.2. The van der Waals surface area contributed by atoms with E-state index in [-0.39, 0.29) is 26.3 Å². The van der Waals surface area contributed by atoms with Gasteiger partial charge in [-0.25, -0.2) is 0 Å². The molecule has 8 heteroatoms. The zero-order valence-corrected chi connectivity index (χ0v) is 21.1. The summed E-state index contributed by atoms with van der Waals surface area (Å²) in [5, 5.41) is 54.9. The number of nitrogens with zero attached hydrogens (tertiary/aromatic N) is 1. The third-order valence-corrected chi connectivity index (χ3v) is 6.50. The third-order valence-electron chi connectivity index (χ3n) is 6.50. The summed E-state index contributed by atoms with van der Waals surface area (Å²) < 4.78 is 0. The highest BCUT2D eigenvalue weighted by Gasteiger charge is 2.58. The fraction of sp³-hybridized carbons (Fsp3) is 0.200. The smallest absolute Gasteiger partial charge is 0.402 e. The number of hydrogen-bond acceptors (Lipinski definition) is 7. The monoisotopic (exact) mass is 515 g/mol. The van der Waals surface area contributed by atoms with Crippen molar-refractivity contribution in [2.45, 2.75) is 11.1 Å². The summed E-state index contributed by atoms with van der Waals surface area (Å²) in [6.07, 6.45) is 0. The average molecular weight is 515 g/mol. The van der Waals surface area contributed by atoms with E-state index in [1.54, 1.807) is 0 Å². The van der Waals surface area contributed by atoms with Crippen molar-refractivity contribution in [2.75, 3.05) is 26.3 Å². The fourth-order valence-corrected chi connectivity index (χ4v) is 5.17. The van der Waals surface area contributed by atoms with Crippen LogP contribution >= 0.6 is 0 Å². The van der Waals surface area contributed by atoms with Crippen molar-refractivity contribution in [1.82, 2.24) is 4.90 Å². The van der Waals surface area contributed by atoms with Crippen LogP contribution in [0.25, 0.3) is 0 Å². The number of aliphatic hydroxyl groups is 3. The summed E-state index contributed by atoms with van der Waals surface area (Å²) in [7, 11) is -2.17. The van der Waals surface area contributed by atoms with Gasteiger partial charge < -0.3 is 30.4 Å². The molecule has 0 aliphatic heterocycles. The molecule has 6 N–H and O–H groups in total. The van der Waals surface area contributed by atoms with Crippen molar-refractivity contribution in [2.24, 2.45) is 0 Å². The molecule has 0 saturated carbocycles. The minimum atomic E-state index is -2.17. The lowest BCUT2D eigenvalue weighted by atomic mass is 9.63. The SMILES string of the molecule is OB(O)O.OCCN(CCO)C(c1ccccc1)(c1ccccc1)C(O)(c1ccccc1)c1ccccc1. The quantitative estimate of drug-likeness (QED) is 0.179. The van der Waals surface area contributed by atoms with Gasteiger partial charge in [-0.3, -0.25) is 4.90 Å². The predicted molar refractivity (Wildman–Crippen MR) is 148 cm³/mol. The van der Waals surface area contributed by atoms with Gasteiger partial charge in [0.05, 0.1) is 13.2 Å². The van der Waals surface area contributed by atoms with E-state index in [0.29, 0.717) is 0 Å². The molecule has 0 atom stereocenters. The van der Waals surface area contributed by atoms with Crippen LogP contribution in [0.3, 0.4) is 0 Å². The van der Waals surface area contributed by atoms with Gasteiger partial charge in [0.2, 0.25) is 0 Å². The number of rotatable bonds is 10. The molecule has 4 aromatic rings. The Bertz CT molecular complexity index is 1110. The van der Waals surface area contributed by atoms with E-state index in [4.69, 9.17) is 15.1 Å². The lowest BCUT2D eigenvalue weighted by molar-refractivity contribution is -0.0842. The van der Waals surface area contributed by atoms with Gasteiger partial charge in [-0.05, 0) is 22.3 Å². The molecule has 38 heavy (non-hydrogen) atoms. The van der Waals surface area contributed by atoms with Crippen molar-refractivity contribution < 1.29 is 30.4 Å². The Labute approximate surface area is 223 Å². The summed E-state index contributed by atoms with van der Waals surface area (Å²) in [4.78, 5) is 2.00. The molecule has 0 aromatic heterocycles. The molecule has 7 nitrogen and oxygen atoms in total. The predicted octanol–water partition coefficient (Wildman–Crippen LogP) is 2.10. The second-order valence-corrected chi connectivity index (χ2v) is 8.67. The topological polar surface area (TPSA) is 125 Å². The minimum Gasteiger partial charge on any atom is -0.402 e. The molecule has 198 valence electrons. The van der Waals surface area contributed by atoms with Crippen molar-refractivity contribution >= 4 is 7.32 Å². The van der Waals surface area contributed by atoms with E-state index in [1.807, 2.05) is 126 Å². The molecule has 0 saturated heterocycles. The van der Waals surface area contributed by atoms with Crippen LogP contribution in [0, 0.1) is 0 Å². The molecular formula is C30H34BNO6. The molecule has 0 unspecified atom stereocenters. The van der Waals surface area contributed by atoms with Gasteiger partial charge in [0.25, 0.3) is 0 Å². The Hall–Kier alpha value is -3.34. The van der Waals surface area contributed by atoms with Crippen LogP contribution < -0.4 is 0 Å². The zero-order valence-electron chi connectivity index (χ0n) is 21.1. The normalized spacial score (nSPS) is 11.6. The van der Waals surface area contributed by atoms with Crippen LogP contribution in [-0.4, -0.2) is 68.9 Å². The first-order chi connectivity index (χ1) is 18.4. The molecule has 0 aliphatic carbocycles. The van der Waals surface area contributed by atoms with E-state index >= 15 is 0 Å². The van der Waals surface area contributed by atoms with E-state index in [9.17, 15) is 15.3 Å². The summed E-state index contributed by atoms with van der Waals surface area (Å²) in [6, 6.07) is 39.0. The van der Waals surface area contributed by atoms with Crippen molar-refractivity contribution in [1.29, 1.82) is 0 Å². The first kappa shape index (κ1) is 29.2. The van der Waals surface area contributed by atoms with Crippen molar-refractivity contribution in [3.8, 4) is 0 Å². The zero-order chi connectivity index (χ0) is 27.4. The molecular weight excluding hydrogens is 481 g/mol. The molecule has 0 bridgehead atoms. The largest absolute Gasteiger partial charge is 0.631 e. The highest BCUT2D eigenvalue weighted by atomic mass is 16.5. The second kappa shape index (κ2) is 14.0. The molecule has 0 amide bonds. The van der Waals surface area contributed by atoms with E-state index in [1.165, 1.54) is 0 Å². The van der Waals surface area contributed by atoms with E-state index in [2.05, 4.69) is 0 Å². The Kier molecular flexibility index (Phi) is 10.8. The van der Waals surface area contributed by atoms with Gasteiger partial charge in [0.1, 0.15) is 11.1 Å². The van der Waals surface area contributed by atoms with Crippen molar-refractivity contribution in [3.63, 3.8) is 0 Å². The maximum Gasteiger partial charge on any atom is 0.631 e. The average Bonchev–Trinajstić information content (AvgIpc) is 2.95. The van der Waals surface area contributed by atoms with Gasteiger partial charge in [-0.2, -0.15) is 0 Å². The summed E-state index contributed by atoms with van der Waals surface area (Å²) in [6.45, 7) is 0.265. The standard InChI is InChI=1S/C30H31NO3.BH3O3/c32-23-21-31(22-24-33)29(25-13-5-1-6-14-25,26-15-7-2-8-16-26)30(34,27-17-9-3-10-18-27)28-19-11-4-12-20-28;2-1(3)4/h1-20,32-34H,21-24H2;2-4H. The first-order valence-electron chi connectivity index (χ1n) is 12.4. The summed E-state index contributed by atoms with van der Waals surface area (Å²) in [5.74, 6) is 0. The first-order valence-corrected chi connectivity index (χ1v) is 12.4. The van der Waals surface area contributed by atoms with Gasteiger partial charge in [-0.1, -0.05) is 121 Å². The van der Waals surface area contributed by atoms with E-state index in [0.717, 1.165) is 22.3 Å². The maximum atomic E-state index is 13.2. The van der Waals surface area contributed by atoms with Gasteiger partial charge in [0, 0.05) is 13.1 Å². The molecule has 0 fully saturated rings. The highest BCUT2D eigenvalue weighted by Crippen LogP contribution is 2.53. The molecule has 0 spiro atoms. The van der Waals surface area contributed by atoms with Crippen LogP contribution in [0.5, 0.6) is 0 Å². The molecule has 0 heterocycles. The lowest BCUT2D eigenvalue weighted by Gasteiger charge is -2.54. The second-order valence-electron chi connectivity index (χ2n) is 8.67. The molecule has 0 aliphatic rings. The Morgan fingerprint density at radius 2 is 0.763 bits per heavy atom. The Morgan fingerprint density at radius 3 is 1.03 bits per heavy atom. The van der Waals surface area contributed by atoms with Crippen LogP contribution in [0.4, 0.5) is 0 Å². The minimum absolute atomic E-state index is 0.124. The Morgan fingerprint density at radius 1 is 0.500 bits per heavy atom. The fourth-order valence-electron chi connectivity index (χ4n) is 5.17. The lowest BCUT2D eigenvalue weighted by Crippen LogP contribution is -2.62. The van der Waals surface area contributed by atoms with Gasteiger partial charge in [0.15, 0.2) is 0 Å². The molecule has 4 aromatic carbocycles. The highest BCUT2D eigenvalue weighted by molar-refractivity contribution is 6.30. The molecule has 4 rings (SSSR count). The van der Waals surface area contributed by atoms with Crippen LogP contribution in [0.15, 0.2) is 121 Å². The van der Waals surface area contributed by atoms with Gasteiger partial charge >= 0.3 is 7.32 Å². The Balaban J connectivity index is 0.000000934. The summed E-state index contributed by atoms with van der Waals surface area (Å²) >= 11 is 0. The van der Waals surface area contributed by atoms with Crippen LogP contribution in [0.2, 0.25) is 0 Å². The van der Waals surface area contributed by atoms with Gasteiger partial charge in [-0.15, -0.1) is 0 Å². The summed E-state index contributed by atoms with van der Waals surface area (Å²) in [5.41, 5.74) is 0.424. The van der Waals surface area contributed by atoms with Crippen molar-refractivity contribution in [3.05, 3.63) is 144 Å².